The van der Waals surface area contributed by atoms with Gasteiger partial charge in [0, 0.05) is 31.0 Å². The first-order chi connectivity index (χ1) is 15.2. The van der Waals surface area contributed by atoms with Crippen LogP contribution in [0.3, 0.4) is 0 Å². The maximum atomic E-state index is 13.3. The number of amides is 1. The zero-order chi connectivity index (χ0) is 22.9. The number of anilines is 1. The van der Waals surface area contributed by atoms with Gasteiger partial charge in [0.15, 0.2) is 5.13 Å². The molecule has 0 spiro atoms. The fourth-order valence-corrected chi connectivity index (χ4v) is 4.62. The molecule has 2 aromatic heterocycles. The molecule has 4 rings (SSSR count). The number of hydrogen-bond acceptors (Lipinski definition) is 4. The molecule has 0 bridgehead atoms. The van der Waals surface area contributed by atoms with Crippen molar-refractivity contribution >= 4 is 56.6 Å². The minimum absolute atomic E-state index is 0. The summed E-state index contributed by atoms with van der Waals surface area (Å²) in [6.07, 6.45) is 1.31. The predicted octanol–water partition coefficient (Wildman–Crippen LogP) is 6.63. The Morgan fingerprint density at radius 2 is 1.91 bits per heavy atom. The lowest BCUT2D eigenvalue weighted by Crippen LogP contribution is -2.32. The number of aryl methyl sites for hydroxylation is 2. The van der Waals surface area contributed by atoms with Gasteiger partial charge in [0.2, 0.25) is 0 Å². The van der Waals surface area contributed by atoms with Crippen molar-refractivity contribution in [2.45, 2.75) is 26.1 Å². The van der Waals surface area contributed by atoms with Crippen LogP contribution in [0, 0.1) is 6.92 Å². The lowest BCUT2D eigenvalue weighted by atomic mass is 10.1. The van der Waals surface area contributed by atoms with Crippen molar-refractivity contribution in [2.75, 3.05) is 11.4 Å². The van der Waals surface area contributed by atoms with E-state index >= 15 is 0 Å². The number of halogens is 5. The van der Waals surface area contributed by atoms with Gasteiger partial charge in [-0.15, -0.1) is 12.4 Å². The predicted molar refractivity (Wildman–Crippen MR) is 127 cm³/mol. The molecule has 0 saturated heterocycles. The lowest BCUT2D eigenvalue weighted by Gasteiger charge is -2.20. The van der Waals surface area contributed by atoms with Crippen LogP contribution in [0.2, 0.25) is 5.02 Å². The second-order valence-corrected chi connectivity index (χ2v) is 8.61. The highest BCUT2D eigenvalue weighted by Gasteiger charge is 2.31. The topological polar surface area (TPSA) is 51.0 Å². The van der Waals surface area contributed by atoms with E-state index in [9.17, 15) is 18.0 Å². The molecule has 11 heteroatoms. The molecular formula is C22H19Cl2F3N4OS. The van der Waals surface area contributed by atoms with Crippen LogP contribution in [0.15, 0.2) is 55.1 Å². The molecule has 33 heavy (non-hydrogen) atoms. The van der Waals surface area contributed by atoms with Crippen LogP contribution in [-0.4, -0.2) is 27.0 Å². The number of alkyl halides is 3. The standard InChI is InChI=1S/C22H18ClF3N4OS.ClH/c1-14-3-8-17(23)19-18(14)28-21(32-19)30(11-2-10-29-12-9-27-13-29)20(31)15-4-6-16(7-5-15)22(24,25)26;/h3-9,12-13H,2,10-11H2,1H3;1H. The summed E-state index contributed by atoms with van der Waals surface area (Å²) in [5.74, 6) is -0.419. The van der Waals surface area contributed by atoms with Crippen LogP contribution < -0.4 is 4.90 Å². The smallest absolute Gasteiger partial charge is 0.337 e. The molecule has 0 N–H and O–H groups in total. The third-order valence-corrected chi connectivity index (χ3v) is 6.52. The molecule has 2 heterocycles. The zero-order valence-electron chi connectivity index (χ0n) is 17.3. The van der Waals surface area contributed by atoms with Crippen LogP contribution in [-0.2, 0) is 12.7 Å². The lowest BCUT2D eigenvalue weighted by molar-refractivity contribution is -0.137. The average molecular weight is 515 g/mol. The molecule has 1 amide bonds. The van der Waals surface area contributed by atoms with E-state index < -0.39 is 17.6 Å². The van der Waals surface area contributed by atoms with Gasteiger partial charge >= 0.3 is 6.18 Å². The Kier molecular flexibility index (Phi) is 7.66. The van der Waals surface area contributed by atoms with Crippen molar-refractivity contribution in [3.8, 4) is 0 Å². The molecular weight excluding hydrogens is 496 g/mol. The zero-order valence-corrected chi connectivity index (χ0v) is 19.7. The van der Waals surface area contributed by atoms with Crippen LogP contribution in [0.5, 0.6) is 0 Å². The van der Waals surface area contributed by atoms with Crippen LogP contribution in [0.4, 0.5) is 18.3 Å². The van der Waals surface area contributed by atoms with E-state index in [1.807, 2.05) is 23.8 Å². The summed E-state index contributed by atoms with van der Waals surface area (Å²) in [6.45, 7) is 2.86. The van der Waals surface area contributed by atoms with Crippen LogP contribution >= 0.6 is 35.3 Å². The Balaban J connectivity index is 0.00000306. The van der Waals surface area contributed by atoms with E-state index in [4.69, 9.17) is 11.6 Å². The van der Waals surface area contributed by atoms with Gasteiger partial charge in [-0.3, -0.25) is 9.69 Å². The number of imidazole rings is 1. The quantitative estimate of drug-likeness (QED) is 0.290. The molecule has 0 unspecified atom stereocenters. The monoisotopic (exact) mass is 514 g/mol. The molecule has 174 valence electrons. The number of rotatable bonds is 6. The van der Waals surface area contributed by atoms with Gasteiger partial charge in [-0.2, -0.15) is 13.2 Å². The van der Waals surface area contributed by atoms with E-state index in [2.05, 4.69) is 9.97 Å². The number of benzene rings is 2. The second-order valence-electron chi connectivity index (χ2n) is 7.22. The van der Waals surface area contributed by atoms with Gasteiger partial charge in [0.25, 0.3) is 5.91 Å². The molecule has 4 aromatic rings. The van der Waals surface area contributed by atoms with Crippen molar-refractivity contribution in [1.29, 1.82) is 0 Å². The molecule has 5 nitrogen and oxygen atoms in total. The number of carbonyl (C=O) groups excluding carboxylic acids is 1. The van der Waals surface area contributed by atoms with E-state index in [0.717, 1.165) is 22.4 Å². The normalized spacial score (nSPS) is 11.4. The van der Waals surface area contributed by atoms with E-state index in [1.165, 1.54) is 28.4 Å². The summed E-state index contributed by atoms with van der Waals surface area (Å²) >= 11 is 7.61. The summed E-state index contributed by atoms with van der Waals surface area (Å²) in [7, 11) is 0. The number of nitrogens with zero attached hydrogens (tertiary/aromatic N) is 4. The van der Waals surface area contributed by atoms with Crippen molar-refractivity contribution in [3.63, 3.8) is 0 Å². The summed E-state index contributed by atoms with van der Waals surface area (Å²) in [4.78, 5) is 23.4. The first-order valence-electron chi connectivity index (χ1n) is 9.74. The Bertz CT molecular complexity index is 1200. The maximum absolute atomic E-state index is 13.3. The number of thiazole rings is 1. The molecule has 0 saturated carbocycles. The molecule has 0 atom stereocenters. The molecule has 0 radical (unpaired) electrons. The highest BCUT2D eigenvalue weighted by Crippen LogP contribution is 2.36. The maximum Gasteiger partial charge on any atom is 0.416 e. The minimum atomic E-state index is -4.46. The Labute approximate surface area is 203 Å². The molecule has 0 aliphatic rings. The third kappa shape index (κ3) is 5.48. The summed E-state index contributed by atoms with van der Waals surface area (Å²) in [5.41, 5.74) is 0.982. The molecule has 2 aromatic carbocycles. The number of aromatic nitrogens is 3. The summed E-state index contributed by atoms with van der Waals surface area (Å²) < 4.78 is 41.4. The van der Waals surface area contributed by atoms with Crippen LogP contribution in [0.1, 0.15) is 27.9 Å². The Morgan fingerprint density at radius 1 is 1.18 bits per heavy atom. The van der Waals surface area contributed by atoms with E-state index in [0.29, 0.717) is 35.2 Å². The van der Waals surface area contributed by atoms with Gasteiger partial charge in [-0.25, -0.2) is 9.97 Å². The number of fused-ring (bicyclic) bond motifs is 1. The largest absolute Gasteiger partial charge is 0.416 e. The van der Waals surface area contributed by atoms with Crippen molar-refractivity contribution in [2.24, 2.45) is 0 Å². The molecule has 0 aliphatic carbocycles. The SMILES string of the molecule is Cc1ccc(Cl)c2sc(N(CCCn3ccnc3)C(=O)c3ccc(C(F)(F)F)cc3)nc12.Cl. The second kappa shape index (κ2) is 10.1. The highest BCUT2D eigenvalue weighted by molar-refractivity contribution is 7.23. The van der Waals surface area contributed by atoms with Crippen molar-refractivity contribution in [3.05, 3.63) is 76.8 Å². The van der Waals surface area contributed by atoms with Gasteiger partial charge < -0.3 is 4.57 Å². The van der Waals surface area contributed by atoms with Gasteiger partial charge in [0.1, 0.15) is 0 Å². The van der Waals surface area contributed by atoms with Gasteiger partial charge in [-0.05, 0) is 49.2 Å². The number of hydrogen-bond donors (Lipinski definition) is 0. The summed E-state index contributed by atoms with van der Waals surface area (Å²) in [6, 6.07) is 7.85. The van der Waals surface area contributed by atoms with Crippen molar-refractivity contribution < 1.29 is 18.0 Å². The highest BCUT2D eigenvalue weighted by atomic mass is 35.5. The number of carbonyl (C=O) groups is 1. The Morgan fingerprint density at radius 3 is 2.52 bits per heavy atom. The van der Waals surface area contributed by atoms with Gasteiger partial charge in [0.05, 0.1) is 27.1 Å². The average Bonchev–Trinajstić information content (AvgIpc) is 3.44. The fourth-order valence-electron chi connectivity index (χ4n) is 3.28. The van der Waals surface area contributed by atoms with E-state index in [-0.39, 0.29) is 18.0 Å². The fraction of sp³-hybridized carbons (Fsp3) is 0.227. The first-order valence-corrected chi connectivity index (χ1v) is 10.9. The molecule has 0 aliphatic heterocycles. The first kappa shape index (κ1) is 25.0. The van der Waals surface area contributed by atoms with Crippen LogP contribution in [0.25, 0.3) is 10.2 Å². The van der Waals surface area contributed by atoms with Gasteiger partial charge in [-0.1, -0.05) is 29.0 Å². The van der Waals surface area contributed by atoms with Crippen molar-refractivity contribution in [1.82, 2.24) is 14.5 Å². The van der Waals surface area contributed by atoms with E-state index in [1.54, 1.807) is 18.6 Å². The summed E-state index contributed by atoms with van der Waals surface area (Å²) in [5, 5.41) is 0.987. The Hall–Kier alpha value is -2.62. The minimum Gasteiger partial charge on any atom is -0.337 e. The third-order valence-electron chi connectivity index (χ3n) is 4.98. The molecule has 0 fully saturated rings.